The van der Waals surface area contributed by atoms with Crippen LogP contribution in [0.4, 0.5) is 34.6 Å². The summed E-state index contributed by atoms with van der Waals surface area (Å²) in [5, 5.41) is 9.76. The van der Waals surface area contributed by atoms with Crippen LogP contribution >= 0.6 is 50.7 Å². The number of alkyl halides is 4. The van der Waals surface area contributed by atoms with E-state index in [1.54, 1.807) is 63.3 Å². The molecule has 6 aliphatic rings. The molecule has 41 heteroatoms. The number of aliphatic hydroxyl groups excluding tert-OH is 1. The van der Waals surface area contributed by atoms with Crippen molar-refractivity contribution in [2.24, 2.45) is 13.1 Å². The molecule has 27 nitrogen and oxygen atoms in total. The molecule has 0 radical (unpaired) electrons. The van der Waals surface area contributed by atoms with Crippen LogP contribution in [0.3, 0.4) is 0 Å². The van der Waals surface area contributed by atoms with Crippen LogP contribution in [0.15, 0.2) is 175 Å². The van der Waals surface area contributed by atoms with Crippen LogP contribution in [0.5, 0.6) is 12.0 Å². The monoisotopic (exact) mass is 1960 g/mol. The highest BCUT2D eigenvalue weighted by Crippen LogP contribution is 2.44. The molecule has 6 aromatic carbocycles. The molecule has 4 aromatic heterocycles. The average molecular weight is 1970 g/mol. The quantitative estimate of drug-likeness (QED) is 0.0285. The van der Waals surface area contributed by atoms with Gasteiger partial charge < -0.3 is 61.7 Å². The minimum Gasteiger partial charge on any atom is -0.452 e. The Labute approximate surface area is 776 Å². The number of fused-ring (bicyclic) bond motifs is 2. The maximum absolute atomic E-state index is 14.5. The number of aromatic amines is 1. The van der Waals surface area contributed by atoms with Gasteiger partial charge in [-0.3, -0.25) is 4.57 Å². The van der Waals surface area contributed by atoms with Crippen LogP contribution in [-0.2, 0) is 71.9 Å². The fourth-order valence-corrected chi connectivity index (χ4v) is 16.4. The van der Waals surface area contributed by atoms with E-state index in [0.29, 0.717) is 57.5 Å². The number of imidazole rings is 2. The molecule has 10 heterocycles. The van der Waals surface area contributed by atoms with Gasteiger partial charge in [-0.15, -0.1) is 0 Å². The van der Waals surface area contributed by atoms with Crippen molar-refractivity contribution in [2.75, 3.05) is 66.3 Å². The van der Waals surface area contributed by atoms with Gasteiger partial charge in [-0.2, -0.15) is 40.6 Å². The zero-order valence-corrected chi connectivity index (χ0v) is 81.6. The van der Waals surface area contributed by atoms with Gasteiger partial charge in [0.1, 0.15) is 58.9 Å². The zero-order valence-electron chi connectivity index (χ0n) is 75.3. The molecular weight excluding hydrogens is 1860 g/mol. The second-order valence-corrected chi connectivity index (χ2v) is 43.4. The second kappa shape index (κ2) is 40.1. The molecule has 0 spiro atoms. The number of nitrogens with one attached hydrogen (secondary N) is 4. The van der Waals surface area contributed by atoms with E-state index in [-0.39, 0.29) is 102 Å². The van der Waals surface area contributed by atoms with Crippen molar-refractivity contribution in [1.82, 2.24) is 43.7 Å². The van der Waals surface area contributed by atoms with Gasteiger partial charge in [0.25, 0.3) is 6.01 Å². The standard InChI is InChI=1S/C25H24ClF2N5O4S.C20H27BN2O3S.C18H28B2O4.C17H19Cl2F2N3O3.C8H11BrN2OS/c1-29-38(2,35)33-17-9-7-15(8-10-17)14-3-5-16(6-4-14)22-18(26)11-19-23(31-22)32-24(30-19)37-21-13-36-20(12-34)25(21,27)28;1-19(2)20(3,4)26-21(25-19)17-11-7-15(8-12-17)16-9-13-18(14-10-16)23-27(6,24)22-5;1-15(2)16(3,4)22-19(21-15)13-9-11-14(12-10-13)20-23-17(5,6)18(7,8)24-20;1-2-11-17(20,21)12(8-26-11)27-16-22-10-7-9(18)14(19)23-15(10)24(16)13-5-3-4-6-25-13;1-10-13(2,12)11-8-5-3-7(9)4-6-8/h3-11,20-21,34H,12-13H2,1-2H3,(H,29,33,35)(H,30,31,32);7-14H,1-6H3,(H,22,23,24);9-12H,1-8H3;7,11-13H,2-6,8H2,1H3;3-6H,1-2H3,(H,10,11,12)/t20-,21-,38?;;;11-,12-,13?;/m1..1./s1. The first-order valence-electron chi connectivity index (χ1n) is 41.8. The second-order valence-electron chi connectivity index (χ2n) is 34.7. The van der Waals surface area contributed by atoms with Gasteiger partial charge in [0.2, 0.25) is 0 Å². The van der Waals surface area contributed by atoms with E-state index in [2.05, 4.69) is 163 Å². The zero-order chi connectivity index (χ0) is 94.0. The van der Waals surface area contributed by atoms with E-state index in [4.69, 9.17) is 91.5 Å². The summed E-state index contributed by atoms with van der Waals surface area (Å²) in [6.07, 6.45) is 1.19. The number of ether oxygens (including phenoxy) is 5. The molecule has 129 heavy (non-hydrogen) atoms. The van der Waals surface area contributed by atoms with Crippen LogP contribution in [0.25, 0.3) is 55.8 Å². The van der Waals surface area contributed by atoms with Gasteiger partial charge in [-0.25, -0.2) is 36.8 Å². The summed E-state index contributed by atoms with van der Waals surface area (Å²) in [5.41, 5.74) is 9.73. The topological polar surface area (TPSA) is 318 Å². The van der Waals surface area contributed by atoms with E-state index in [1.807, 2.05) is 121 Å². The summed E-state index contributed by atoms with van der Waals surface area (Å²) in [7, 11) is -3.32. The Kier molecular flexibility index (Phi) is 31.3. The predicted octanol–water partition coefficient (Wildman–Crippen LogP) is 17.3. The molecule has 6 aliphatic heterocycles. The molecule has 0 amide bonds. The largest absolute Gasteiger partial charge is 0.494 e. The minimum absolute atomic E-state index is 0.00719. The number of H-pyrrole nitrogens is 1. The van der Waals surface area contributed by atoms with E-state index in [1.165, 1.54) is 12.3 Å². The molecule has 6 saturated heterocycles. The Morgan fingerprint density at radius 3 is 1.28 bits per heavy atom. The number of halogens is 8. The molecule has 0 bridgehead atoms. The Morgan fingerprint density at radius 2 is 0.891 bits per heavy atom. The van der Waals surface area contributed by atoms with Gasteiger partial charge >= 0.3 is 39.2 Å². The first kappa shape index (κ1) is 101. The van der Waals surface area contributed by atoms with Gasteiger partial charge in [0.05, 0.1) is 91.7 Å². The maximum atomic E-state index is 14.5. The molecule has 8 atom stereocenters. The van der Waals surface area contributed by atoms with Crippen molar-refractivity contribution in [2.45, 2.75) is 192 Å². The summed E-state index contributed by atoms with van der Waals surface area (Å²) >= 11 is 21.9. The lowest BCUT2D eigenvalue weighted by Crippen LogP contribution is -2.43. The Hall–Kier alpha value is -7.25. The van der Waals surface area contributed by atoms with Crippen molar-refractivity contribution in [1.29, 1.82) is 0 Å². The van der Waals surface area contributed by atoms with E-state index in [9.17, 15) is 30.2 Å². The third-order valence-corrected chi connectivity index (χ3v) is 29.3. The number of aliphatic hydroxyl groups is 1. The Morgan fingerprint density at radius 1 is 0.512 bits per heavy atom. The van der Waals surface area contributed by atoms with Crippen LogP contribution in [0.1, 0.15) is 122 Å². The van der Waals surface area contributed by atoms with Crippen molar-refractivity contribution in [3.63, 3.8) is 0 Å². The van der Waals surface area contributed by atoms with Crippen molar-refractivity contribution < 1.29 is 86.9 Å². The molecule has 4 unspecified atom stereocenters. The summed E-state index contributed by atoms with van der Waals surface area (Å²) in [6, 6.07) is 49.3. The first-order chi connectivity index (χ1) is 60.4. The minimum atomic E-state index is -3.37. The highest BCUT2D eigenvalue weighted by Gasteiger charge is 2.58. The molecule has 5 N–H and O–H groups in total. The lowest BCUT2D eigenvalue weighted by Gasteiger charge is -2.32. The summed E-state index contributed by atoms with van der Waals surface area (Å²) < 4.78 is 180. The van der Waals surface area contributed by atoms with Crippen molar-refractivity contribution in [3.05, 3.63) is 177 Å². The Bertz CT molecular complexity index is 5910. The van der Waals surface area contributed by atoms with Crippen LogP contribution in [0.2, 0.25) is 15.2 Å². The van der Waals surface area contributed by atoms with E-state index in [0.717, 1.165) is 61.5 Å². The third kappa shape index (κ3) is 23.8. The van der Waals surface area contributed by atoms with Crippen LogP contribution in [0, 0.1) is 0 Å². The third-order valence-electron chi connectivity index (χ3n) is 23.8. The maximum Gasteiger partial charge on any atom is 0.494 e. The molecule has 694 valence electrons. The normalized spacial score (nSPS) is 22.6. The lowest BCUT2D eigenvalue weighted by atomic mass is 9.74. The fourth-order valence-electron chi connectivity index (χ4n) is 13.8. The molecular formula is C88H109B3BrCl3F4N12O15S3. The number of rotatable bonds is 19. The fraction of sp³-hybridized carbons (Fsp3) is 0.455. The molecule has 6 fully saturated rings. The number of hydrogen-bond acceptors (Lipinski definition) is 22. The average Bonchev–Trinajstić information content (AvgIpc) is 1.61. The highest BCUT2D eigenvalue weighted by atomic mass is 79.9. The van der Waals surface area contributed by atoms with Gasteiger partial charge in [0, 0.05) is 35.4 Å². The smallest absolute Gasteiger partial charge is 0.452 e. The summed E-state index contributed by atoms with van der Waals surface area (Å²) in [6.45, 7) is 25.5. The van der Waals surface area contributed by atoms with Gasteiger partial charge in [-0.05, 0) is 229 Å². The van der Waals surface area contributed by atoms with Crippen LogP contribution < -0.4 is 40.0 Å². The van der Waals surface area contributed by atoms with E-state index >= 15 is 0 Å². The number of hydrogen-bond donors (Lipinski definition) is 5. The van der Waals surface area contributed by atoms with Crippen LogP contribution in [-0.4, -0.2) is 205 Å². The Balaban J connectivity index is 0.000000151. The summed E-state index contributed by atoms with van der Waals surface area (Å²) in [4.78, 5) is 20.1. The molecule has 0 saturated carbocycles. The molecule has 0 aliphatic carbocycles. The number of benzene rings is 6. The van der Waals surface area contributed by atoms with Crippen molar-refractivity contribution in [3.8, 4) is 45.5 Å². The summed E-state index contributed by atoms with van der Waals surface area (Å²) in [5.74, 6) is -6.49. The number of pyridine rings is 2. The van der Waals surface area contributed by atoms with Crippen molar-refractivity contribution >= 4 is 158 Å². The number of aromatic nitrogens is 6. The lowest BCUT2D eigenvalue weighted by molar-refractivity contribution is -0.118. The molecule has 10 aromatic rings. The predicted molar refractivity (Wildman–Crippen MR) is 507 cm³/mol. The van der Waals surface area contributed by atoms with E-state index < -0.39 is 78.8 Å². The van der Waals surface area contributed by atoms with Gasteiger partial charge in [0.15, 0.2) is 23.5 Å². The highest BCUT2D eigenvalue weighted by molar-refractivity contribution is 9.10. The SMILES string of the molecule is CC1(C)OB(c2ccc(B3OC(C)(C)C(C)(C)O3)cc2)OC1(C)C.CC[C@H]1OC[C@@H](Oc2nc3cc(Cl)c(Cl)nc3n2C2CCCCO2)C1(F)F.CNS(C)(=O)=Nc1ccc(-c2ccc(-c3nc4nc(O[C@@H]5CO[C@H](CO)C5(F)F)[nH]c4cc3Cl)cc2)cc1.CNS(C)(=O)=Nc1ccc(-c2ccc(B3OC(C)(C)C(C)(C)O3)cc2)cc1.CNS(C)(=O)=Nc1ccc(Br)cc1. The van der Waals surface area contributed by atoms with Gasteiger partial charge in [-0.1, -0.05) is 155 Å². The molecule has 16 rings (SSSR count). The first-order valence-corrected chi connectivity index (χ1v) is 49.5. The number of nitrogens with zero attached hydrogens (tertiary/aromatic N) is 8.